The summed E-state index contributed by atoms with van der Waals surface area (Å²) in [6.07, 6.45) is 0.256. The van der Waals surface area contributed by atoms with Crippen molar-refractivity contribution in [1.29, 1.82) is 0 Å². The molecular weight excluding hydrogens is 254 g/mol. The maximum Gasteiger partial charge on any atom is 0.115 e. The minimum absolute atomic E-state index is 0.438. The number of alkyl halides is 1. The van der Waals surface area contributed by atoms with E-state index in [0.717, 1.165) is 58.1 Å². The summed E-state index contributed by atoms with van der Waals surface area (Å²) in [7, 11) is 0. The molecule has 0 aromatic heterocycles. The summed E-state index contributed by atoms with van der Waals surface area (Å²) in [4.78, 5) is 0. The van der Waals surface area contributed by atoms with E-state index < -0.39 is 6.23 Å². The average molecular weight is 282 g/mol. The molecule has 0 rings (SSSR count). The molecule has 0 bridgehead atoms. The number of nitrogens with two attached hydrogens (primary N) is 1. The van der Waals surface area contributed by atoms with E-state index in [2.05, 4.69) is 21.3 Å². The molecule has 0 spiro atoms. The van der Waals surface area contributed by atoms with Crippen molar-refractivity contribution in [3.05, 3.63) is 0 Å². The normalized spacial score (nSPS) is 12.8. The summed E-state index contributed by atoms with van der Waals surface area (Å²) in [6, 6.07) is 0. The minimum Gasteiger partial charge on any atom is -0.377 e. The second-order valence-electron chi connectivity index (χ2n) is 4.06. The van der Waals surface area contributed by atoms with Gasteiger partial charge in [0.25, 0.3) is 0 Å². The Balaban J connectivity index is 2.90. The zero-order valence-corrected chi connectivity index (χ0v) is 11.8. The second kappa shape index (κ2) is 15.1. The fourth-order valence-corrected chi connectivity index (χ4v) is 1.48. The topological polar surface area (TPSA) is 94.4 Å². The quantitative estimate of drug-likeness (QED) is 0.129. The Labute approximate surface area is 115 Å². The van der Waals surface area contributed by atoms with E-state index in [4.69, 9.17) is 22.4 Å². The van der Waals surface area contributed by atoms with Crippen LogP contribution in [0.1, 0.15) is 6.42 Å². The van der Waals surface area contributed by atoms with Crippen LogP contribution in [0.15, 0.2) is 0 Å². The Kier molecular flexibility index (Phi) is 15.2. The molecule has 0 amide bonds. The van der Waals surface area contributed by atoms with Crippen LogP contribution in [0.25, 0.3) is 0 Å². The van der Waals surface area contributed by atoms with Crippen LogP contribution in [0.3, 0.4) is 0 Å². The molecule has 0 saturated carbocycles. The fourth-order valence-electron chi connectivity index (χ4n) is 1.35. The molecule has 0 radical (unpaired) electrons. The largest absolute Gasteiger partial charge is 0.377 e. The Morgan fingerprint density at radius 2 is 1.28 bits per heavy atom. The lowest BCUT2D eigenvalue weighted by molar-refractivity contribution is 0.179. The predicted octanol–water partition coefficient (Wildman–Crippen LogP) is -1.75. The van der Waals surface area contributed by atoms with Gasteiger partial charge in [-0.05, 0) is 13.0 Å². The van der Waals surface area contributed by atoms with E-state index in [0.29, 0.717) is 6.54 Å². The van der Waals surface area contributed by atoms with Gasteiger partial charge in [0.05, 0.1) is 0 Å². The number of hydrogen-bond donors (Lipinski definition) is 6. The molecular formula is C11H28ClN5O. The third-order valence-electron chi connectivity index (χ3n) is 2.28. The summed E-state index contributed by atoms with van der Waals surface area (Å²) in [6.45, 7) is 6.96. The van der Waals surface area contributed by atoms with Gasteiger partial charge in [0.15, 0.2) is 0 Å². The van der Waals surface area contributed by atoms with Gasteiger partial charge in [-0.25, -0.2) is 0 Å². The summed E-state index contributed by atoms with van der Waals surface area (Å²) in [5.41, 5.74) is 5.18. The van der Waals surface area contributed by atoms with E-state index in [1.54, 1.807) is 0 Å². The predicted molar refractivity (Wildman–Crippen MR) is 77.0 cm³/mol. The van der Waals surface area contributed by atoms with Crippen LogP contribution >= 0.6 is 11.6 Å². The smallest absolute Gasteiger partial charge is 0.115 e. The maximum absolute atomic E-state index is 8.80. The van der Waals surface area contributed by atoms with E-state index >= 15 is 0 Å². The Bertz CT molecular complexity index is 162. The third-order valence-corrected chi connectivity index (χ3v) is 2.54. The molecule has 0 aliphatic carbocycles. The van der Waals surface area contributed by atoms with Crippen molar-refractivity contribution in [2.45, 2.75) is 12.6 Å². The highest BCUT2D eigenvalue weighted by atomic mass is 35.5. The van der Waals surface area contributed by atoms with Gasteiger partial charge in [0.2, 0.25) is 0 Å². The van der Waals surface area contributed by atoms with E-state index in [1.807, 2.05) is 0 Å². The van der Waals surface area contributed by atoms with Gasteiger partial charge in [-0.15, -0.1) is 11.6 Å². The average Bonchev–Trinajstić information content (AvgIpc) is 2.34. The molecule has 7 heteroatoms. The number of aliphatic hydroxyl groups is 1. The lowest BCUT2D eigenvalue weighted by atomic mass is 10.4. The SMILES string of the molecule is NC(O)CNCCNCCNCCNCCCCl. The van der Waals surface area contributed by atoms with Crippen molar-refractivity contribution < 1.29 is 5.11 Å². The van der Waals surface area contributed by atoms with Crippen molar-refractivity contribution in [1.82, 2.24) is 21.3 Å². The minimum atomic E-state index is -0.766. The highest BCUT2D eigenvalue weighted by Gasteiger charge is 1.93. The van der Waals surface area contributed by atoms with Gasteiger partial charge in [-0.3, -0.25) is 0 Å². The van der Waals surface area contributed by atoms with E-state index in [9.17, 15) is 0 Å². The van der Waals surface area contributed by atoms with Gasteiger partial charge in [-0.1, -0.05) is 0 Å². The number of rotatable bonds is 14. The third kappa shape index (κ3) is 16.1. The number of halogens is 1. The Hall–Kier alpha value is 0.0500. The molecule has 0 aliphatic rings. The number of aliphatic hydroxyl groups excluding tert-OH is 1. The van der Waals surface area contributed by atoms with Crippen LogP contribution in [-0.4, -0.2) is 69.6 Å². The molecule has 0 aromatic rings. The van der Waals surface area contributed by atoms with Crippen LogP contribution in [0.2, 0.25) is 0 Å². The van der Waals surface area contributed by atoms with Gasteiger partial charge < -0.3 is 32.1 Å². The van der Waals surface area contributed by atoms with Crippen molar-refractivity contribution in [2.24, 2.45) is 5.73 Å². The van der Waals surface area contributed by atoms with Crippen LogP contribution in [-0.2, 0) is 0 Å². The van der Waals surface area contributed by atoms with Crippen LogP contribution in [0, 0.1) is 0 Å². The van der Waals surface area contributed by atoms with Crippen LogP contribution < -0.4 is 27.0 Å². The van der Waals surface area contributed by atoms with Crippen LogP contribution in [0.5, 0.6) is 0 Å². The van der Waals surface area contributed by atoms with Gasteiger partial charge in [0.1, 0.15) is 6.23 Å². The van der Waals surface area contributed by atoms with Crippen molar-refractivity contribution >= 4 is 11.6 Å². The summed E-state index contributed by atoms with van der Waals surface area (Å²) in [5.74, 6) is 0.722. The molecule has 110 valence electrons. The maximum atomic E-state index is 8.80. The van der Waals surface area contributed by atoms with Gasteiger partial charge in [-0.2, -0.15) is 0 Å². The van der Waals surface area contributed by atoms with Crippen molar-refractivity contribution in [2.75, 3.05) is 58.2 Å². The van der Waals surface area contributed by atoms with Crippen LogP contribution in [0.4, 0.5) is 0 Å². The molecule has 6 nitrogen and oxygen atoms in total. The molecule has 0 aromatic carbocycles. The fraction of sp³-hybridized carbons (Fsp3) is 1.00. The highest BCUT2D eigenvalue weighted by molar-refractivity contribution is 6.17. The lowest BCUT2D eigenvalue weighted by Gasteiger charge is -2.09. The standard InChI is InChI=1S/C11H28ClN5O/c12-2-1-3-14-4-5-15-6-7-16-8-9-17-10-11(13)18/h11,14-18H,1-10,13H2. The lowest BCUT2D eigenvalue weighted by Crippen LogP contribution is -2.38. The van der Waals surface area contributed by atoms with Crippen molar-refractivity contribution in [3.8, 4) is 0 Å². The molecule has 0 saturated heterocycles. The first-order chi connectivity index (χ1) is 8.77. The molecule has 0 heterocycles. The number of hydrogen-bond acceptors (Lipinski definition) is 6. The summed E-state index contributed by atoms with van der Waals surface area (Å²) < 4.78 is 0. The monoisotopic (exact) mass is 281 g/mol. The highest BCUT2D eigenvalue weighted by Crippen LogP contribution is 1.79. The van der Waals surface area contributed by atoms with Gasteiger partial charge >= 0.3 is 0 Å². The van der Waals surface area contributed by atoms with E-state index in [1.165, 1.54) is 0 Å². The molecule has 1 atom stereocenters. The van der Waals surface area contributed by atoms with Gasteiger partial charge in [0, 0.05) is 51.7 Å². The zero-order chi connectivity index (χ0) is 13.5. The Morgan fingerprint density at radius 1 is 0.833 bits per heavy atom. The first kappa shape index (κ1) is 18.0. The molecule has 7 N–H and O–H groups in total. The molecule has 18 heavy (non-hydrogen) atoms. The van der Waals surface area contributed by atoms with Crippen molar-refractivity contribution in [3.63, 3.8) is 0 Å². The summed E-state index contributed by atoms with van der Waals surface area (Å²) >= 11 is 5.56. The first-order valence-corrected chi connectivity index (χ1v) is 7.13. The Morgan fingerprint density at radius 3 is 1.72 bits per heavy atom. The molecule has 1 unspecified atom stereocenters. The molecule has 0 aliphatic heterocycles. The first-order valence-electron chi connectivity index (χ1n) is 6.60. The number of nitrogens with one attached hydrogen (secondary N) is 4. The molecule has 0 fully saturated rings. The van der Waals surface area contributed by atoms with E-state index in [-0.39, 0.29) is 0 Å². The zero-order valence-electron chi connectivity index (χ0n) is 11.1. The summed E-state index contributed by atoms with van der Waals surface area (Å²) in [5, 5.41) is 21.8. The second-order valence-corrected chi connectivity index (χ2v) is 4.44.